The number of rotatable bonds is 3. The second-order valence-corrected chi connectivity index (χ2v) is 4.68. The van der Waals surface area contributed by atoms with Gasteiger partial charge in [0.1, 0.15) is 5.15 Å². The van der Waals surface area contributed by atoms with Gasteiger partial charge in [-0.05, 0) is 23.6 Å². The first-order valence-electron chi connectivity index (χ1n) is 5.89. The molecule has 2 heterocycles. The zero-order valence-electron chi connectivity index (χ0n) is 10.2. The Balaban J connectivity index is 2.42. The summed E-state index contributed by atoms with van der Waals surface area (Å²) in [6.07, 6.45) is 1.91. The van der Waals surface area contributed by atoms with Crippen LogP contribution in [0.15, 0.2) is 12.3 Å². The van der Waals surface area contributed by atoms with Crippen molar-refractivity contribution in [2.75, 3.05) is 13.1 Å². The van der Waals surface area contributed by atoms with Gasteiger partial charge in [0.15, 0.2) is 0 Å². The number of carboxylic acids is 1. The highest BCUT2D eigenvalue weighted by Crippen LogP contribution is 2.34. The van der Waals surface area contributed by atoms with E-state index in [4.69, 9.17) is 22.4 Å². The second kappa shape index (κ2) is 5.54. The first-order chi connectivity index (χ1) is 9.04. The fourth-order valence-electron chi connectivity index (χ4n) is 2.40. The summed E-state index contributed by atoms with van der Waals surface area (Å²) in [7, 11) is 0. The molecule has 0 aromatic carbocycles. The lowest BCUT2D eigenvalue weighted by molar-refractivity contribution is -0.141. The van der Waals surface area contributed by atoms with Crippen LogP contribution in [0.5, 0.6) is 0 Å². The Bertz CT molecular complexity index is 521. The number of aliphatic carboxylic acids is 1. The summed E-state index contributed by atoms with van der Waals surface area (Å²) in [6.45, 7) is 0.274. The van der Waals surface area contributed by atoms with E-state index in [1.165, 1.54) is 11.1 Å². The van der Waals surface area contributed by atoms with Gasteiger partial charge in [0.25, 0.3) is 0 Å². The third-order valence-corrected chi connectivity index (χ3v) is 3.57. The molecule has 102 valence electrons. The zero-order chi connectivity index (χ0) is 14.0. The van der Waals surface area contributed by atoms with E-state index in [1.54, 1.807) is 6.07 Å². The first kappa shape index (κ1) is 13.8. The average Bonchev–Trinajstić information content (AvgIpc) is 2.38. The maximum Gasteiger partial charge on any atom is 0.305 e. The molecule has 0 fully saturated rings. The molecule has 1 atom stereocenters. The summed E-state index contributed by atoms with van der Waals surface area (Å²) in [5.74, 6) is -1.23. The van der Waals surface area contributed by atoms with Crippen LogP contribution in [0.4, 0.5) is 0 Å². The molecule has 2 rings (SSSR count). The number of fused-ring (bicyclic) bond motifs is 1. The Hall–Kier alpha value is -1.66. The van der Waals surface area contributed by atoms with Crippen molar-refractivity contribution in [2.24, 2.45) is 5.73 Å². The molecule has 0 aliphatic carbocycles. The third kappa shape index (κ3) is 2.69. The predicted octanol–water partition coefficient (Wildman–Crippen LogP) is 0.594. The minimum absolute atomic E-state index is 0.135. The van der Waals surface area contributed by atoms with Gasteiger partial charge >= 0.3 is 5.97 Å². The summed E-state index contributed by atoms with van der Waals surface area (Å²) < 4.78 is 0. The Morgan fingerprint density at radius 1 is 1.58 bits per heavy atom. The van der Waals surface area contributed by atoms with Crippen molar-refractivity contribution in [3.05, 3.63) is 28.5 Å². The van der Waals surface area contributed by atoms with Crippen molar-refractivity contribution in [2.45, 2.75) is 18.9 Å². The summed E-state index contributed by atoms with van der Waals surface area (Å²) in [6, 6.07) is 1.18. The molecular formula is C12H14ClN3O3. The highest BCUT2D eigenvalue weighted by atomic mass is 35.5. The van der Waals surface area contributed by atoms with Crippen molar-refractivity contribution in [3.63, 3.8) is 0 Å². The molecule has 0 saturated carbocycles. The minimum atomic E-state index is -0.972. The van der Waals surface area contributed by atoms with Crippen molar-refractivity contribution in [1.29, 1.82) is 0 Å². The van der Waals surface area contributed by atoms with Crippen LogP contribution in [-0.4, -0.2) is 40.0 Å². The Morgan fingerprint density at radius 3 is 2.95 bits per heavy atom. The van der Waals surface area contributed by atoms with E-state index >= 15 is 0 Å². The van der Waals surface area contributed by atoms with Gasteiger partial charge in [-0.3, -0.25) is 9.59 Å². The lowest BCUT2D eigenvalue weighted by Crippen LogP contribution is -2.43. The quantitative estimate of drug-likeness (QED) is 0.792. The molecule has 1 unspecified atom stereocenters. The number of hydrogen-bond acceptors (Lipinski definition) is 4. The fourth-order valence-corrected chi connectivity index (χ4v) is 2.66. The lowest BCUT2D eigenvalue weighted by atomic mass is 9.92. The van der Waals surface area contributed by atoms with Crippen molar-refractivity contribution < 1.29 is 14.7 Å². The predicted molar refractivity (Wildman–Crippen MR) is 68.7 cm³/mol. The molecular weight excluding hydrogens is 270 g/mol. The maximum atomic E-state index is 11.8. The molecule has 1 aromatic rings. The van der Waals surface area contributed by atoms with Crippen LogP contribution < -0.4 is 5.73 Å². The molecule has 1 aromatic heterocycles. The van der Waals surface area contributed by atoms with Crippen LogP contribution in [0.1, 0.15) is 23.6 Å². The van der Waals surface area contributed by atoms with Crippen molar-refractivity contribution in [1.82, 2.24) is 9.88 Å². The van der Waals surface area contributed by atoms with E-state index < -0.39 is 12.0 Å². The number of nitrogens with zero attached hydrogens (tertiary/aromatic N) is 2. The molecule has 3 N–H and O–H groups in total. The van der Waals surface area contributed by atoms with Crippen LogP contribution in [0.3, 0.4) is 0 Å². The minimum Gasteiger partial charge on any atom is -0.481 e. The summed E-state index contributed by atoms with van der Waals surface area (Å²) in [4.78, 5) is 28.3. The molecule has 0 saturated heterocycles. The largest absolute Gasteiger partial charge is 0.481 e. The van der Waals surface area contributed by atoms with Crippen molar-refractivity contribution in [3.8, 4) is 0 Å². The van der Waals surface area contributed by atoms with Gasteiger partial charge < -0.3 is 15.7 Å². The topological polar surface area (TPSA) is 96.5 Å². The van der Waals surface area contributed by atoms with E-state index in [0.29, 0.717) is 18.1 Å². The average molecular weight is 284 g/mol. The fraction of sp³-hybridized carbons (Fsp3) is 0.417. The number of halogens is 1. The maximum absolute atomic E-state index is 11.8. The Kier molecular flexibility index (Phi) is 4.01. The van der Waals surface area contributed by atoms with Gasteiger partial charge in [0.2, 0.25) is 5.91 Å². The normalized spacial score (nSPS) is 18.0. The summed E-state index contributed by atoms with van der Waals surface area (Å²) in [5, 5.41) is 9.38. The number of nitrogens with two attached hydrogens (primary N) is 1. The number of amides is 1. The number of carbonyl (C=O) groups is 2. The Labute approximate surface area is 115 Å². The SMILES string of the molecule is NCC(=O)N1CCc2c(ccnc2Cl)C1CC(=O)O. The third-order valence-electron chi connectivity index (χ3n) is 3.24. The summed E-state index contributed by atoms with van der Waals surface area (Å²) in [5.41, 5.74) is 6.93. The number of pyridine rings is 1. The molecule has 1 aliphatic rings. The number of carbonyl (C=O) groups excluding carboxylic acids is 1. The van der Waals surface area contributed by atoms with Crippen LogP contribution in [-0.2, 0) is 16.0 Å². The van der Waals surface area contributed by atoms with E-state index in [2.05, 4.69) is 4.98 Å². The molecule has 1 aliphatic heterocycles. The molecule has 7 heteroatoms. The van der Waals surface area contributed by atoms with Gasteiger partial charge in [-0.25, -0.2) is 4.98 Å². The van der Waals surface area contributed by atoms with Gasteiger partial charge in [-0.15, -0.1) is 0 Å². The molecule has 19 heavy (non-hydrogen) atoms. The molecule has 0 bridgehead atoms. The second-order valence-electron chi connectivity index (χ2n) is 4.32. The molecule has 0 radical (unpaired) electrons. The highest BCUT2D eigenvalue weighted by molar-refractivity contribution is 6.30. The lowest BCUT2D eigenvalue weighted by Gasteiger charge is -2.36. The highest BCUT2D eigenvalue weighted by Gasteiger charge is 2.32. The monoisotopic (exact) mass is 283 g/mol. The Morgan fingerprint density at radius 2 is 2.32 bits per heavy atom. The van der Waals surface area contributed by atoms with Gasteiger partial charge in [0, 0.05) is 12.7 Å². The molecule has 6 nitrogen and oxygen atoms in total. The zero-order valence-corrected chi connectivity index (χ0v) is 10.9. The van der Waals surface area contributed by atoms with Gasteiger partial charge in [-0.1, -0.05) is 11.6 Å². The standard InChI is InChI=1S/C12H14ClN3O3/c13-12-8-2-4-16(10(17)6-14)9(5-11(18)19)7(8)1-3-15-12/h1,3,9H,2,4-6,14H2,(H,18,19). The van der Waals surface area contributed by atoms with E-state index in [0.717, 1.165) is 11.1 Å². The van der Waals surface area contributed by atoms with E-state index in [1.807, 2.05) is 0 Å². The molecule has 1 amide bonds. The summed E-state index contributed by atoms with van der Waals surface area (Å²) >= 11 is 6.02. The smallest absolute Gasteiger partial charge is 0.305 e. The van der Waals surface area contributed by atoms with Gasteiger partial charge in [-0.2, -0.15) is 0 Å². The number of hydrogen-bond donors (Lipinski definition) is 2. The van der Waals surface area contributed by atoms with Crippen LogP contribution in [0.25, 0.3) is 0 Å². The number of aromatic nitrogens is 1. The first-order valence-corrected chi connectivity index (χ1v) is 6.27. The van der Waals surface area contributed by atoms with Crippen molar-refractivity contribution >= 4 is 23.5 Å². The van der Waals surface area contributed by atoms with Crippen LogP contribution >= 0.6 is 11.6 Å². The van der Waals surface area contributed by atoms with E-state index in [9.17, 15) is 9.59 Å². The number of carboxylic acid groups (broad SMARTS) is 1. The van der Waals surface area contributed by atoms with E-state index in [-0.39, 0.29) is 18.9 Å². The van der Waals surface area contributed by atoms with Gasteiger partial charge in [0.05, 0.1) is 19.0 Å². The van der Waals surface area contributed by atoms with Crippen LogP contribution in [0.2, 0.25) is 5.15 Å². The van der Waals surface area contributed by atoms with Crippen LogP contribution in [0, 0.1) is 0 Å². The molecule has 0 spiro atoms.